The highest BCUT2D eigenvalue weighted by atomic mass is 35.5. The molecule has 1 amide bonds. The van der Waals surface area contributed by atoms with Crippen molar-refractivity contribution >= 4 is 29.0 Å². The van der Waals surface area contributed by atoms with E-state index in [2.05, 4.69) is 11.9 Å². The van der Waals surface area contributed by atoms with E-state index in [1.807, 2.05) is 39.0 Å². The van der Waals surface area contributed by atoms with Gasteiger partial charge in [0.2, 0.25) is 0 Å². The number of carbonyl (C=O) groups is 1. The Morgan fingerprint density at radius 1 is 1.44 bits per heavy atom. The molecule has 0 aliphatic carbocycles. The van der Waals surface area contributed by atoms with E-state index in [0.29, 0.717) is 11.6 Å². The van der Waals surface area contributed by atoms with Crippen molar-refractivity contribution in [2.45, 2.75) is 26.4 Å². The Hall–Kier alpha value is -1.48. The Balaban J connectivity index is 2.74. The molecular weight excluding hydrogens is 250 g/mol. The molecule has 18 heavy (non-hydrogen) atoms. The van der Waals surface area contributed by atoms with Gasteiger partial charge in [0.15, 0.2) is 0 Å². The van der Waals surface area contributed by atoms with Crippen LogP contribution in [-0.2, 0) is 4.74 Å². The first-order chi connectivity index (χ1) is 8.31. The van der Waals surface area contributed by atoms with E-state index in [0.717, 1.165) is 11.1 Å². The number of alkyl halides is 1. The topological polar surface area (TPSA) is 38.3 Å². The molecule has 1 rings (SSSR count). The molecule has 0 saturated heterocycles. The maximum atomic E-state index is 11.6. The number of anilines is 1. The van der Waals surface area contributed by atoms with Crippen molar-refractivity contribution in [3.8, 4) is 0 Å². The predicted octanol–water partition coefficient (Wildman–Crippen LogP) is 4.29. The monoisotopic (exact) mass is 267 g/mol. The van der Waals surface area contributed by atoms with Gasteiger partial charge in [-0.1, -0.05) is 18.7 Å². The fourth-order valence-corrected chi connectivity index (χ4v) is 1.47. The predicted molar refractivity (Wildman–Crippen MR) is 76.1 cm³/mol. The lowest BCUT2D eigenvalue weighted by atomic mass is 10.1. The van der Waals surface area contributed by atoms with Crippen LogP contribution in [0.4, 0.5) is 10.5 Å². The average molecular weight is 268 g/mol. The van der Waals surface area contributed by atoms with Crippen LogP contribution in [0.3, 0.4) is 0 Å². The molecule has 1 aromatic carbocycles. The third kappa shape index (κ3) is 4.80. The van der Waals surface area contributed by atoms with Crippen LogP contribution >= 0.6 is 11.6 Å². The number of hydrogen-bond acceptors (Lipinski definition) is 2. The second-order valence-electron chi connectivity index (χ2n) is 4.94. The van der Waals surface area contributed by atoms with Gasteiger partial charge in [0.05, 0.1) is 0 Å². The third-order valence-corrected chi connectivity index (χ3v) is 2.40. The quantitative estimate of drug-likeness (QED) is 0.830. The van der Waals surface area contributed by atoms with Gasteiger partial charge in [0.25, 0.3) is 0 Å². The maximum Gasteiger partial charge on any atom is 0.412 e. The van der Waals surface area contributed by atoms with Crippen molar-refractivity contribution < 1.29 is 9.53 Å². The molecule has 0 aliphatic heterocycles. The van der Waals surface area contributed by atoms with E-state index in [9.17, 15) is 4.79 Å². The molecule has 0 radical (unpaired) electrons. The van der Waals surface area contributed by atoms with Gasteiger partial charge >= 0.3 is 6.09 Å². The zero-order chi connectivity index (χ0) is 13.8. The summed E-state index contributed by atoms with van der Waals surface area (Å²) in [6.07, 6.45) is -0.476. The summed E-state index contributed by atoms with van der Waals surface area (Å²) in [5, 5.41) is 2.67. The van der Waals surface area contributed by atoms with Crippen molar-refractivity contribution in [3.05, 3.63) is 36.4 Å². The summed E-state index contributed by atoms with van der Waals surface area (Å²) in [7, 11) is 0. The molecule has 98 valence electrons. The number of ether oxygens (including phenoxy) is 1. The van der Waals surface area contributed by atoms with Gasteiger partial charge in [0, 0.05) is 11.6 Å². The Morgan fingerprint density at radius 3 is 2.67 bits per heavy atom. The van der Waals surface area contributed by atoms with Crippen LogP contribution in [0.25, 0.3) is 5.57 Å². The van der Waals surface area contributed by atoms with Crippen LogP contribution in [0, 0.1) is 0 Å². The highest BCUT2D eigenvalue weighted by Crippen LogP contribution is 2.19. The van der Waals surface area contributed by atoms with Crippen LogP contribution in [0.1, 0.15) is 26.3 Å². The zero-order valence-corrected chi connectivity index (χ0v) is 11.7. The molecule has 0 aromatic heterocycles. The van der Waals surface area contributed by atoms with E-state index in [4.69, 9.17) is 16.3 Å². The van der Waals surface area contributed by atoms with Crippen molar-refractivity contribution in [2.75, 3.05) is 11.2 Å². The Morgan fingerprint density at radius 2 is 2.11 bits per heavy atom. The standard InChI is InChI=1S/C14H18ClNO2/c1-10(9-15)11-6-5-7-12(8-11)16-13(17)18-14(2,3)4/h5-8H,1,9H2,2-4H3,(H,16,17). The van der Waals surface area contributed by atoms with E-state index in [1.165, 1.54) is 0 Å². The minimum atomic E-state index is -0.512. The lowest BCUT2D eigenvalue weighted by Gasteiger charge is -2.19. The number of allylic oxidation sites excluding steroid dienone is 1. The minimum Gasteiger partial charge on any atom is -0.444 e. The summed E-state index contributed by atoms with van der Waals surface area (Å²) in [5.74, 6) is 0.357. The van der Waals surface area contributed by atoms with Gasteiger partial charge in [-0.15, -0.1) is 11.6 Å². The zero-order valence-electron chi connectivity index (χ0n) is 10.9. The summed E-state index contributed by atoms with van der Waals surface area (Å²) < 4.78 is 5.17. The van der Waals surface area contributed by atoms with Crippen LogP contribution in [-0.4, -0.2) is 17.6 Å². The lowest BCUT2D eigenvalue weighted by Crippen LogP contribution is -2.27. The van der Waals surface area contributed by atoms with Gasteiger partial charge in [-0.25, -0.2) is 4.79 Å². The van der Waals surface area contributed by atoms with Crippen LogP contribution in [0.15, 0.2) is 30.8 Å². The largest absolute Gasteiger partial charge is 0.444 e. The molecule has 0 fully saturated rings. The molecule has 0 spiro atoms. The summed E-state index contributed by atoms with van der Waals surface area (Å²) in [6, 6.07) is 7.33. The van der Waals surface area contributed by atoms with E-state index < -0.39 is 11.7 Å². The fourth-order valence-electron chi connectivity index (χ4n) is 1.32. The first-order valence-corrected chi connectivity index (χ1v) is 6.19. The number of nitrogens with one attached hydrogen (secondary N) is 1. The van der Waals surface area contributed by atoms with Crippen molar-refractivity contribution in [1.82, 2.24) is 0 Å². The second-order valence-corrected chi connectivity index (χ2v) is 5.21. The molecule has 0 aliphatic rings. The molecule has 0 heterocycles. The van der Waals surface area contributed by atoms with E-state index in [-0.39, 0.29) is 0 Å². The number of rotatable bonds is 3. The summed E-state index contributed by atoms with van der Waals surface area (Å²) in [6.45, 7) is 9.30. The second kappa shape index (κ2) is 5.91. The fraction of sp³-hybridized carbons (Fsp3) is 0.357. The van der Waals surface area contributed by atoms with Crippen molar-refractivity contribution in [3.63, 3.8) is 0 Å². The summed E-state index contributed by atoms with van der Waals surface area (Å²) in [5.41, 5.74) is 1.86. The Labute approximate surface area is 113 Å². The van der Waals surface area contributed by atoms with Crippen LogP contribution in [0.2, 0.25) is 0 Å². The first-order valence-electron chi connectivity index (χ1n) is 5.66. The maximum absolute atomic E-state index is 11.6. The van der Waals surface area contributed by atoms with Gasteiger partial charge in [-0.05, 0) is 44.0 Å². The van der Waals surface area contributed by atoms with Gasteiger partial charge in [-0.3, -0.25) is 5.32 Å². The molecule has 1 N–H and O–H groups in total. The molecule has 3 nitrogen and oxygen atoms in total. The highest BCUT2D eigenvalue weighted by Gasteiger charge is 2.16. The van der Waals surface area contributed by atoms with Gasteiger partial charge < -0.3 is 4.74 Å². The number of carbonyl (C=O) groups excluding carboxylic acids is 1. The molecular formula is C14H18ClNO2. The molecule has 0 unspecified atom stereocenters. The highest BCUT2D eigenvalue weighted by molar-refractivity contribution is 6.23. The lowest BCUT2D eigenvalue weighted by molar-refractivity contribution is 0.0636. The van der Waals surface area contributed by atoms with E-state index in [1.54, 1.807) is 6.07 Å². The van der Waals surface area contributed by atoms with Crippen molar-refractivity contribution in [1.29, 1.82) is 0 Å². The number of amides is 1. The molecule has 0 atom stereocenters. The molecule has 4 heteroatoms. The third-order valence-electron chi connectivity index (χ3n) is 2.08. The number of hydrogen-bond donors (Lipinski definition) is 1. The normalized spacial score (nSPS) is 10.9. The summed E-state index contributed by atoms with van der Waals surface area (Å²) in [4.78, 5) is 11.6. The van der Waals surface area contributed by atoms with Gasteiger partial charge in [0.1, 0.15) is 5.60 Å². The van der Waals surface area contributed by atoms with Crippen molar-refractivity contribution in [2.24, 2.45) is 0 Å². The Bertz CT molecular complexity index is 449. The number of benzene rings is 1. The van der Waals surface area contributed by atoms with Crippen LogP contribution in [0.5, 0.6) is 0 Å². The van der Waals surface area contributed by atoms with Crippen LogP contribution < -0.4 is 5.32 Å². The SMILES string of the molecule is C=C(CCl)c1cccc(NC(=O)OC(C)(C)C)c1. The minimum absolute atomic E-state index is 0.357. The molecule has 0 bridgehead atoms. The Kier molecular flexibility index (Phi) is 4.79. The molecule has 0 saturated carbocycles. The average Bonchev–Trinajstić information content (AvgIpc) is 2.25. The first kappa shape index (κ1) is 14.6. The van der Waals surface area contributed by atoms with Gasteiger partial charge in [-0.2, -0.15) is 0 Å². The van der Waals surface area contributed by atoms with E-state index >= 15 is 0 Å². The molecule has 1 aromatic rings. The number of halogens is 1. The smallest absolute Gasteiger partial charge is 0.412 e. The summed E-state index contributed by atoms with van der Waals surface area (Å²) >= 11 is 5.72.